The van der Waals surface area contributed by atoms with Crippen LogP contribution in [0.4, 0.5) is 10.5 Å². The largest absolute Gasteiger partial charge is 0.392 e. The molecule has 0 aliphatic carbocycles. The van der Waals surface area contributed by atoms with E-state index >= 15 is 0 Å². The van der Waals surface area contributed by atoms with Gasteiger partial charge in [-0.2, -0.15) is 5.10 Å². The molecule has 0 heterocycles. The van der Waals surface area contributed by atoms with Crippen LogP contribution in [0.2, 0.25) is 0 Å². The highest BCUT2D eigenvalue weighted by Crippen LogP contribution is 2.12. The highest BCUT2D eigenvalue weighted by molar-refractivity contribution is 6.33. The van der Waals surface area contributed by atoms with E-state index in [9.17, 15) is 9.59 Å². The van der Waals surface area contributed by atoms with Crippen molar-refractivity contribution in [1.29, 1.82) is 0 Å². The number of primary amides is 1. The van der Waals surface area contributed by atoms with Gasteiger partial charge >= 0.3 is 6.03 Å². The van der Waals surface area contributed by atoms with Gasteiger partial charge in [-0.1, -0.05) is 31.9 Å². The van der Waals surface area contributed by atoms with Crippen LogP contribution in [0.1, 0.15) is 44.6 Å². The first-order chi connectivity index (χ1) is 14.4. The van der Waals surface area contributed by atoms with Crippen molar-refractivity contribution in [3.63, 3.8) is 0 Å². The lowest BCUT2D eigenvalue weighted by Crippen LogP contribution is -2.34. The minimum absolute atomic E-state index is 0.0759. The number of unbranched alkanes of at least 4 members (excludes halogenated alkanes) is 1. The van der Waals surface area contributed by atoms with Crippen LogP contribution in [0.5, 0.6) is 0 Å². The molecule has 0 unspecified atom stereocenters. The summed E-state index contributed by atoms with van der Waals surface area (Å²) < 4.78 is 0. The molecular formula is C20H33N7O3. The first kappa shape index (κ1) is 25.1. The second-order valence-corrected chi connectivity index (χ2v) is 6.87. The van der Waals surface area contributed by atoms with Gasteiger partial charge in [-0.15, -0.1) is 0 Å². The number of rotatable bonds is 13. The number of amides is 3. The summed E-state index contributed by atoms with van der Waals surface area (Å²) in [5, 5.41) is 18.1. The number of nitrogens with zero attached hydrogens (tertiary/aromatic N) is 2. The molecular weight excluding hydrogens is 386 g/mol. The lowest BCUT2D eigenvalue weighted by Gasteiger charge is -2.15. The van der Waals surface area contributed by atoms with E-state index in [4.69, 9.17) is 22.4 Å². The molecule has 2 atom stereocenters. The first-order valence-corrected chi connectivity index (χ1v) is 10.0. The van der Waals surface area contributed by atoms with Crippen molar-refractivity contribution in [2.24, 2.45) is 27.4 Å². The number of aliphatic hydroxyl groups is 1. The molecule has 10 nitrogen and oxygen atoms in total. The van der Waals surface area contributed by atoms with E-state index in [0.29, 0.717) is 30.8 Å². The number of hydrogen-bond donors (Lipinski definition) is 6. The van der Waals surface area contributed by atoms with Crippen molar-refractivity contribution in [1.82, 2.24) is 5.32 Å². The van der Waals surface area contributed by atoms with Crippen LogP contribution in [0.15, 0.2) is 34.4 Å². The lowest BCUT2D eigenvalue weighted by molar-refractivity contribution is -0.117. The number of anilines is 1. The van der Waals surface area contributed by atoms with E-state index in [0.717, 1.165) is 24.8 Å². The highest BCUT2D eigenvalue weighted by atomic mass is 16.3. The molecule has 0 aromatic heterocycles. The Labute approximate surface area is 177 Å². The smallest absolute Gasteiger partial charge is 0.312 e. The standard InChI is InChI=1S/C20H33N7O3/c1-2-3-5-16(21)18(27-23)12-25-17(6-4-11-24-20(22)30)19(29)26-15-9-7-14(13-28)8-10-15/h7-10,12,16-17,28H,2-6,11,13,21,23H2,1H3,(H,26,29)(H3,22,24,30)/t16-,17+/m1/s1. The topological polar surface area (TPSA) is 181 Å². The summed E-state index contributed by atoms with van der Waals surface area (Å²) in [7, 11) is 0. The fourth-order valence-electron chi connectivity index (χ4n) is 2.66. The van der Waals surface area contributed by atoms with Crippen molar-refractivity contribution >= 4 is 29.6 Å². The number of carbonyl (C=O) groups excluding carboxylic acids is 2. The maximum atomic E-state index is 12.7. The minimum Gasteiger partial charge on any atom is -0.392 e. The van der Waals surface area contributed by atoms with Crippen LogP contribution in [0, 0.1) is 0 Å². The van der Waals surface area contributed by atoms with Crippen LogP contribution in [-0.2, 0) is 11.4 Å². The Morgan fingerprint density at radius 1 is 1.20 bits per heavy atom. The summed E-state index contributed by atoms with van der Waals surface area (Å²) in [6, 6.07) is 5.13. The minimum atomic E-state index is -0.729. The van der Waals surface area contributed by atoms with Gasteiger partial charge in [0, 0.05) is 18.4 Å². The fourth-order valence-corrected chi connectivity index (χ4v) is 2.66. The predicted molar refractivity (Wildman–Crippen MR) is 119 cm³/mol. The molecule has 30 heavy (non-hydrogen) atoms. The van der Waals surface area contributed by atoms with Gasteiger partial charge in [-0.25, -0.2) is 4.79 Å². The molecule has 1 aromatic rings. The third-order valence-corrected chi connectivity index (χ3v) is 4.44. The first-order valence-electron chi connectivity index (χ1n) is 10.0. The molecule has 1 rings (SSSR count). The molecule has 166 valence electrons. The summed E-state index contributed by atoms with van der Waals surface area (Å²) in [5.41, 5.74) is 12.9. The fraction of sp³-hybridized carbons (Fsp3) is 0.500. The van der Waals surface area contributed by atoms with E-state index in [1.807, 2.05) is 0 Å². The number of aliphatic imine (C=N–C) groups is 1. The SMILES string of the molecule is CCCC[C@@H](N)C(C=N[C@@H](CCCNC(N)=O)C(=O)Nc1ccc(CO)cc1)=NN. The summed E-state index contributed by atoms with van der Waals surface area (Å²) in [6.45, 7) is 2.31. The Kier molecular flexibility index (Phi) is 11.8. The van der Waals surface area contributed by atoms with Gasteiger partial charge in [0.2, 0.25) is 5.91 Å². The van der Waals surface area contributed by atoms with Gasteiger partial charge in [-0.3, -0.25) is 9.79 Å². The van der Waals surface area contributed by atoms with Gasteiger partial charge in [0.15, 0.2) is 0 Å². The average molecular weight is 420 g/mol. The van der Waals surface area contributed by atoms with Crippen LogP contribution >= 0.6 is 0 Å². The summed E-state index contributed by atoms with van der Waals surface area (Å²) in [6.07, 6.45) is 4.96. The normalized spacial score (nSPS) is 13.8. The van der Waals surface area contributed by atoms with Gasteiger partial charge in [0.25, 0.3) is 0 Å². The van der Waals surface area contributed by atoms with Crippen molar-refractivity contribution in [3.8, 4) is 0 Å². The van der Waals surface area contributed by atoms with Crippen LogP contribution < -0.4 is 27.9 Å². The Bertz CT molecular complexity index is 720. The van der Waals surface area contributed by atoms with Gasteiger partial charge in [0.05, 0.1) is 18.4 Å². The molecule has 3 amide bonds. The van der Waals surface area contributed by atoms with E-state index in [-0.39, 0.29) is 18.6 Å². The Hall–Kier alpha value is -2.98. The number of carbonyl (C=O) groups is 2. The molecule has 0 saturated heterocycles. The van der Waals surface area contributed by atoms with Gasteiger partial charge < -0.3 is 33.1 Å². The quantitative estimate of drug-likeness (QED) is 0.120. The summed E-state index contributed by atoms with van der Waals surface area (Å²) >= 11 is 0. The zero-order valence-corrected chi connectivity index (χ0v) is 17.4. The Balaban J connectivity index is 2.85. The van der Waals surface area contributed by atoms with Crippen molar-refractivity contribution < 1.29 is 14.7 Å². The van der Waals surface area contributed by atoms with E-state index < -0.39 is 12.1 Å². The van der Waals surface area contributed by atoms with Crippen molar-refractivity contribution in [2.75, 3.05) is 11.9 Å². The summed E-state index contributed by atoms with van der Waals surface area (Å²) in [5.74, 6) is 5.13. The molecule has 9 N–H and O–H groups in total. The molecule has 0 bridgehead atoms. The average Bonchev–Trinajstić information content (AvgIpc) is 2.74. The third-order valence-electron chi connectivity index (χ3n) is 4.44. The molecule has 0 fully saturated rings. The molecule has 1 aromatic carbocycles. The molecule has 10 heteroatoms. The van der Waals surface area contributed by atoms with Crippen LogP contribution in [-0.4, -0.2) is 47.6 Å². The molecule has 0 aliphatic heterocycles. The van der Waals surface area contributed by atoms with Crippen molar-refractivity contribution in [3.05, 3.63) is 29.8 Å². The highest BCUT2D eigenvalue weighted by Gasteiger charge is 2.18. The number of aliphatic hydroxyl groups excluding tert-OH is 1. The zero-order chi connectivity index (χ0) is 22.4. The Morgan fingerprint density at radius 3 is 2.47 bits per heavy atom. The Morgan fingerprint density at radius 2 is 1.90 bits per heavy atom. The molecule has 0 spiro atoms. The zero-order valence-electron chi connectivity index (χ0n) is 17.4. The molecule has 0 radical (unpaired) electrons. The van der Waals surface area contributed by atoms with E-state index in [2.05, 4.69) is 27.7 Å². The van der Waals surface area contributed by atoms with Crippen LogP contribution in [0.3, 0.4) is 0 Å². The predicted octanol–water partition coefficient (Wildman–Crippen LogP) is 0.838. The maximum Gasteiger partial charge on any atom is 0.312 e. The third kappa shape index (κ3) is 9.48. The number of urea groups is 1. The number of hydrogen-bond acceptors (Lipinski definition) is 7. The van der Waals surface area contributed by atoms with E-state index in [1.54, 1.807) is 24.3 Å². The lowest BCUT2D eigenvalue weighted by atomic mass is 10.1. The number of benzene rings is 1. The maximum absolute atomic E-state index is 12.7. The van der Waals surface area contributed by atoms with Crippen LogP contribution in [0.25, 0.3) is 0 Å². The van der Waals surface area contributed by atoms with Gasteiger partial charge in [-0.05, 0) is 37.0 Å². The van der Waals surface area contributed by atoms with E-state index in [1.165, 1.54) is 6.21 Å². The monoisotopic (exact) mass is 419 g/mol. The second-order valence-electron chi connectivity index (χ2n) is 6.87. The summed E-state index contributed by atoms with van der Waals surface area (Å²) in [4.78, 5) is 27.9. The molecule has 0 saturated carbocycles. The molecule has 0 aliphatic rings. The van der Waals surface area contributed by atoms with Gasteiger partial charge in [0.1, 0.15) is 6.04 Å². The van der Waals surface area contributed by atoms with Crippen molar-refractivity contribution in [2.45, 2.75) is 57.7 Å². The number of nitrogens with one attached hydrogen (secondary N) is 2. The number of nitrogens with two attached hydrogens (primary N) is 3. The second kappa shape index (κ2) is 14.1. The number of hydrazone groups is 1.